The lowest BCUT2D eigenvalue weighted by Crippen LogP contribution is -2.09. The molecule has 16 heavy (non-hydrogen) atoms. The molecule has 0 radical (unpaired) electrons. The zero-order valence-electron chi connectivity index (χ0n) is 8.83. The molecule has 0 spiro atoms. The minimum absolute atomic E-state index is 0.140. The second kappa shape index (κ2) is 4.42. The summed E-state index contributed by atoms with van der Waals surface area (Å²) in [6.45, 7) is 0.622. The monoisotopic (exact) mass is 223 g/mol. The summed E-state index contributed by atoms with van der Waals surface area (Å²) < 4.78 is 1.67. The van der Waals surface area contributed by atoms with Gasteiger partial charge in [-0.2, -0.15) is 0 Å². The van der Waals surface area contributed by atoms with E-state index in [1.54, 1.807) is 4.57 Å². The summed E-state index contributed by atoms with van der Waals surface area (Å²) in [5.41, 5.74) is 0. The number of hydrogen-bond acceptors (Lipinski definition) is 4. The highest BCUT2D eigenvalue weighted by Gasteiger charge is 2.24. The van der Waals surface area contributed by atoms with Crippen molar-refractivity contribution in [1.29, 1.82) is 0 Å². The molecule has 1 aromatic heterocycles. The molecule has 1 heterocycles. The lowest BCUT2D eigenvalue weighted by Gasteiger charge is -2.06. The van der Waals surface area contributed by atoms with Gasteiger partial charge in [-0.1, -0.05) is 0 Å². The number of rotatable bonds is 4. The van der Waals surface area contributed by atoms with Crippen molar-refractivity contribution < 1.29 is 9.72 Å². The Kier molecular flexibility index (Phi) is 2.98. The average Bonchev–Trinajstić information content (AvgIpc) is 2.83. The number of nitrogens with zero attached hydrogens (tertiary/aromatic N) is 3. The molecule has 86 valence electrons. The molecule has 0 N–H and O–H groups in total. The summed E-state index contributed by atoms with van der Waals surface area (Å²) in [7, 11) is 0. The summed E-state index contributed by atoms with van der Waals surface area (Å²) in [6, 6.07) is 0. The van der Waals surface area contributed by atoms with Crippen molar-refractivity contribution >= 4 is 11.6 Å². The van der Waals surface area contributed by atoms with Crippen molar-refractivity contribution in [3.05, 3.63) is 22.6 Å². The Balaban J connectivity index is 1.89. The quantitative estimate of drug-likeness (QED) is 0.573. The van der Waals surface area contributed by atoms with Gasteiger partial charge in [0.2, 0.25) is 6.33 Å². The van der Waals surface area contributed by atoms with Crippen LogP contribution in [0, 0.1) is 16.0 Å². The molecule has 1 aliphatic carbocycles. The molecular weight excluding hydrogens is 210 g/mol. The maximum Gasteiger partial charge on any atom is 0.381 e. The van der Waals surface area contributed by atoms with Gasteiger partial charge >= 0.3 is 5.82 Å². The molecule has 1 unspecified atom stereocenters. The van der Waals surface area contributed by atoms with E-state index in [1.807, 2.05) is 0 Å². The van der Waals surface area contributed by atoms with E-state index in [0.29, 0.717) is 18.7 Å². The maximum atomic E-state index is 11.4. The van der Waals surface area contributed by atoms with Gasteiger partial charge < -0.3 is 14.7 Å². The molecule has 6 nitrogen and oxygen atoms in total. The van der Waals surface area contributed by atoms with Gasteiger partial charge in [-0.15, -0.1) is 0 Å². The van der Waals surface area contributed by atoms with Crippen molar-refractivity contribution in [2.45, 2.75) is 32.2 Å². The van der Waals surface area contributed by atoms with E-state index in [-0.39, 0.29) is 11.7 Å². The molecule has 1 saturated carbocycles. The molecule has 1 aromatic rings. The molecular formula is C10H13N3O3. The fraction of sp³-hybridized carbons (Fsp3) is 0.600. The minimum atomic E-state index is -0.517. The van der Waals surface area contributed by atoms with E-state index >= 15 is 0 Å². The molecule has 0 saturated heterocycles. The van der Waals surface area contributed by atoms with Crippen molar-refractivity contribution in [3.63, 3.8) is 0 Å². The molecule has 1 fully saturated rings. The number of aryl methyl sites for hydroxylation is 1. The van der Waals surface area contributed by atoms with Crippen LogP contribution in [-0.2, 0) is 11.3 Å². The smallest absolute Gasteiger partial charge is 0.358 e. The highest BCUT2D eigenvalue weighted by molar-refractivity contribution is 5.82. The number of imidazole rings is 1. The van der Waals surface area contributed by atoms with Gasteiger partial charge in [-0.25, -0.2) is 0 Å². The van der Waals surface area contributed by atoms with Crippen LogP contribution in [0.5, 0.6) is 0 Å². The van der Waals surface area contributed by atoms with Gasteiger partial charge in [0, 0.05) is 18.9 Å². The third kappa shape index (κ3) is 2.26. The summed E-state index contributed by atoms with van der Waals surface area (Å²) in [5.74, 6) is 0.328. The van der Waals surface area contributed by atoms with E-state index in [9.17, 15) is 14.9 Å². The van der Waals surface area contributed by atoms with Crippen LogP contribution in [-0.4, -0.2) is 20.3 Å². The fourth-order valence-electron chi connectivity index (χ4n) is 2.06. The first-order valence-corrected chi connectivity index (χ1v) is 5.35. The van der Waals surface area contributed by atoms with E-state index in [2.05, 4.69) is 4.98 Å². The van der Waals surface area contributed by atoms with Crippen LogP contribution in [0.4, 0.5) is 5.82 Å². The molecule has 6 heteroatoms. The Morgan fingerprint density at radius 3 is 3.00 bits per heavy atom. The molecule has 0 amide bonds. The number of nitro groups is 1. The van der Waals surface area contributed by atoms with Crippen molar-refractivity contribution in [1.82, 2.24) is 9.55 Å². The third-order valence-corrected chi connectivity index (χ3v) is 2.97. The maximum absolute atomic E-state index is 11.4. The van der Waals surface area contributed by atoms with Crippen LogP contribution in [0.15, 0.2) is 12.5 Å². The molecule has 0 bridgehead atoms. The number of carbonyl (C=O) groups excluding carboxylic acids is 1. The van der Waals surface area contributed by atoms with E-state index in [0.717, 1.165) is 19.3 Å². The topological polar surface area (TPSA) is 78.0 Å². The van der Waals surface area contributed by atoms with E-state index < -0.39 is 4.92 Å². The van der Waals surface area contributed by atoms with Gasteiger partial charge in [-0.05, 0) is 29.2 Å². The SMILES string of the molecule is O=C1CCCC1CCn1cnc([N+](=O)[O-])c1. The number of Topliss-reactive ketones (excluding diaryl/α,β-unsaturated/α-hetero) is 1. The lowest BCUT2D eigenvalue weighted by molar-refractivity contribution is -0.389. The summed E-state index contributed by atoms with van der Waals surface area (Å²) >= 11 is 0. The summed E-state index contributed by atoms with van der Waals surface area (Å²) in [6.07, 6.45) is 6.22. The van der Waals surface area contributed by atoms with Crippen LogP contribution in [0.1, 0.15) is 25.7 Å². The zero-order chi connectivity index (χ0) is 11.5. The van der Waals surface area contributed by atoms with Crippen LogP contribution in [0.2, 0.25) is 0 Å². The molecule has 1 aliphatic rings. The second-order valence-corrected chi connectivity index (χ2v) is 4.07. The highest BCUT2D eigenvalue weighted by Crippen LogP contribution is 2.24. The lowest BCUT2D eigenvalue weighted by atomic mass is 10.0. The first-order valence-electron chi connectivity index (χ1n) is 5.35. The van der Waals surface area contributed by atoms with Crippen LogP contribution >= 0.6 is 0 Å². The Labute approximate surface area is 92.4 Å². The van der Waals surface area contributed by atoms with Crippen LogP contribution in [0.25, 0.3) is 0 Å². The average molecular weight is 223 g/mol. The van der Waals surface area contributed by atoms with Gasteiger partial charge in [-0.3, -0.25) is 4.79 Å². The van der Waals surface area contributed by atoms with Crippen LogP contribution in [0.3, 0.4) is 0 Å². The first kappa shape index (κ1) is 10.8. The standard InChI is InChI=1S/C10H13N3O3/c14-9-3-1-2-8(9)4-5-12-6-10(11-7-12)13(15)16/h6-8H,1-5H2. The van der Waals surface area contributed by atoms with Crippen LogP contribution < -0.4 is 0 Å². The van der Waals surface area contributed by atoms with Crippen molar-refractivity contribution in [3.8, 4) is 0 Å². The predicted octanol–water partition coefficient (Wildman–Crippen LogP) is 1.55. The highest BCUT2D eigenvalue weighted by atomic mass is 16.6. The predicted molar refractivity (Wildman–Crippen MR) is 55.8 cm³/mol. The Morgan fingerprint density at radius 1 is 1.62 bits per heavy atom. The number of aromatic nitrogens is 2. The summed E-state index contributed by atoms with van der Waals surface area (Å²) in [4.78, 5) is 24.9. The Bertz CT molecular complexity index is 413. The molecule has 2 rings (SSSR count). The minimum Gasteiger partial charge on any atom is -0.358 e. The molecule has 0 aromatic carbocycles. The second-order valence-electron chi connectivity index (χ2n) is 4.07. The zero-order valence-corrected chi connectivity index (χ0v) is 8.83. The number of ketones is 1. The van der Waals surface area contributed by atoms with Gasteiger partial charge in [0.25, 0.3) is 0 Å². The van der Waals surface area contributed by atoms with E-state index in [4.69, 9.17) is 0 Å². The summed E-state index contributed by atoms with van der Waals surface area (Å²) in [5, 5.41) is 10.4. The fourth-order valence-corrected chi connectivity index (χ4v) is 2.06. The van der Waals surface area contributed by atoms with Gasteiger partial charge in [0.1, 0.15) is 12.0 Å². The third-order valence-electron chi connectivity index (χ3n) is 2.97. The van der Waals surface area contributed by atoms with Crippen molar-refractivity contribution in [2.75, 3.05) is 0 Å². The molecule has 0 aliphatic heterocycles. The van der Waals surface area contributed by atoms with Gasteiger partial charge in [0.15, 0.2) is 0 Å². The van der Waals surface area contributed by atoms with Crippen molar-refractivity contribution in [2.24, 2.45) is 5.92 Å². The Hall–Kier alpha value is -1.72. The number of carbonyl (C=O) groups is 1. The first-order chi connectivity index (χ1) is 7.66. The van der Waals surface area contributed by atoms with E-state index in [1.165, 1.54) is 12.5 Å². The molecule has 1 atom stereocenters. The van der Waals surface area contributed by atoms with Gasteiger partial charge in [0.05, 0.1) is 0 Å². The number of hydrogen-bond donors (Lipinski definition) is 0. The normalized spacial score (nSPS) is 20.2. The largest absolute Gasteiger partial charge is 0.381 e. The Morgan fingerprint density at radius 2 is 2.44 bits per heavy atom.